The van der Waals surface area contributed by atoms with E-state index in [2.05, 4.69) is 5.32 Å². The fourth-order valence-electron chi connectivity index (χ4n) is 3.55. The fraction of sp³-hybridized carbons (Fsp3) is 0.500. The molecule has 2 unspecified atom stereocenters. The van der Waals surface area contributed by atoms with Crippen molar-refractivity contribution in [1.82, 2.24) is 0 Å². The molecule has 1 N–H and O–H groups in total. The van der Waals surface area contributed by atoms with Crippen LogP contribution in [0.2, 0.25) is 0 Å². The number of esters is 1. The van der Waals surface area contributed by atoms with Gasteiger partial charge in [0.25, 0.3) is 5.91 Å². The lowest BCUT2D eigenvalue weighted by molar-refractivity contribution is -0.165. The summed E-state index contributed by atoms with van der Waals surface area (Å²) in [6, 6.07) is 3.11. The third kappa shape index (κ3) is 1.61. The van der Waals surface area contributed by atoms with Gasteiger partial charge in [-0.1, -0.05) is 13.8 Å². The molecule has 2 aliphatic rings. The smallest absolute Gasteiger partial charge is 0.313 e. The minimum atomic E-state index is -1.27. The van der Waals surface area contributed by atoms with Crippen molar-refractivity contribution in [2.45, 2.75) is 39.2 Å². The topological polar surface area (TPSA) is 55.4 Å². The zero-order valence-electron chi connectivity index (χ0n) is 12.6. The van der Waals surface area contributed by atoms with Crippen LogP contribution in [0.3, 0.4) is 0 Å². The van der Waals surface area contributed by atoms with Crippen molar-refractivity contribution in [2.75, 3.05) is 5.32 Å². The number of hydrogen-bond donors (Lipinski definition) is 1. The lowest BCUT2D eigenvalue weighted by Gasteiger charge is -2.35. The van der Waals surface area contributed by atoms with E-state index in [9.17, 15) is 18.4 Å². The minimum absolute atomic E-state index is 0.130. The molecule has 3 rings (SSSR count). The van der Waals surface area contributed by atoms with Gasteiger partial charge >= 0.3 is 5.97 Å². The molecule has 118 valence electrons. The highest BCUT2D eigenvalue weighted by Gasteiger charge is 2.75. The van der Waals surface area contributed by atoms with Gasteiger partial charge in [0, 0.05) is 17.2 Å². The second-order valence-corrected chi connectivity index (χ2v) is 6.76. The van der Waals surface area contributed by atoms with Crippen LogP contribution in [0.4, 0.5) is 14.5 Å². The van der Waals surface area contributed by atoms with Crippen LogP contribution >= 0.6 is 0 Å². The summed E-state index contributed by atoms with van der Waals surface area (Å²) in [5.41, 5.74) is -2.53. The van der Waals surface area contributed by atoms with Crippen molar-refractivity contribution in [2.24, 2.45) is 10.8 Å². The van der Waals surface area contributed by atoms with Gasteiger partial charge in [-0.3, -0.25) is 9.59 Å². The van der Waals surface area contributed by atoms with E-state index >= 15 is 0 Å². The van der Waals surface area contributed by atoms with Crippen molar-refractivity contribution < 1.29 is 23.1 Å². The van der Waals surface area contributed by atoms with Gasteiger partial charge in [0.1, 0.15) is 0 Å². The van der Waals surface area contributed by atoms with Crippen LogP contribution in [0.25, 0.3) is 0 Å². The zero-order valence-corrected chi connectivity index (χ0v) is 12.6. The van der Waals surface area contributed by atoms with Gasteiger partial charge < -0.3 is 10.1 Å². The van der Waals surface area contributed by atoms with E-state index in [4.69, 9.17) is 4.74 Å². The first-order chi connectivity index (χ1) is 10.1. The van der Waals surface area contributed by atoms with Gasteiger partial charge in [-0.2, -0.15) is 0 Å². The molecule has 0 aromatic heterocycles. The number of carbonyl (C=O) groups is 2. The second kappa shape index (κ2) is 4.27. The Bertz CT molecular complexity index is 688. The summed E-state index contributed by atoms with van der Waals surface area (Å²) in [4.78, 5) is 24.8. The monoisotopic (exact) mass is 309 g/mol. The van der Waals surface area contributed by atoms with Crippen LogP contribution < -0.4 is 5.32 Å². The summed E-state index contributed by atoms with van der Waals surface area (Å²) in [6.07, 6.45) is 0.974. The Hall–Kier alpha value is -1.98. The fourth-order valence-corrected chi connectivity index (χ4v) is 3.55. The van der Waals surface area contributed by atoms with Crippen molar-refractivity contribution in [3.8, 4) is 0 Å². The molecule has 1 aliphatic carbocycles. The number of ether oxygens (including phenoxy) is 1. The van der Waals surface area contributed by atoms with Crippen molar-refractivity contribution in [3.05, 3.63) is 29.8 Å². The highest BCUT2D eigenvalue weighted by atomic mass is 19.2. The Kier molecular flexibility index (Phi) is 2.90. The number of benzene rings is 1. The Labute approximate surface area is 126 Å². The van der Waals surface area contributed by atoms with Gasteiger partial charge in [-0.05, 0) is 31.9 Å². The van der Waals surface area contributed by atoms with Crippen molar-refractivity contribution in [1.29, 1.82) is 0 Å². The van der Waals surface area contributed by atoms with Crippen molar-refractivity contribution >= 4 is 17.6 Å². The number of fused-ring (bicyclic) bond motifs is 2. The average molecular weight is 309 g/mol. The molecule has 1 aromatic rings. The summed E-state index contributed by atoms with van der Waals surface area (Å²) in [5, 5.41) is 2.54. The molecule has 22 heavy (non-hydrogen) atoms. The van der Waals surface area contributed by atoms with Gasteiger partial charge in [0.05, 0.1) is 5.41 Å². The summed E-state index contributed by atoms with van der Waals surface area (Å²) in [7, 11) is 0. The van der Waals surface area contributed by atoms with Gasteiger partial charge in [0.2, 0.25) is 0 Å². The Morgan fingerprint density at radius 3 is 2.36 bits per heavy atom. The maximum Gasteiger partial charge on any atom is 0.313 e. The molecule has 1 amide bonds. The predicted octanol–water partition coefficient (Wildman–Crippen LogP) is 3.03. The minimum Gasteiger partial charge on any atom is -0.448 e. The number of amides is 1. The molecular formula is C16H17F2NO3. The average Bonchev–Trinajstić information content (AvgIpc) is 2.73. The first-order valence-corrected chi connectivity index (χ1v) is 7.14. The molecule has 1 heterocycles. The van der Waals surface area contributed by atoms with Crippen LogP contribution in [0.1, 0.15) is 33.6 Å². The first kappa shape index (κ1) is 14.9. The van der Waals surface area contributed by atoms with Gasteiger partial charge in [0.15, 0.2) is 17.2 Å². The van der Waals surface area contributed by atoms with Crippen LogP contribution in [0.5, 0.6) is 0 Å². The highest BCUT2D eigenvalue weighted by molar-refractivity contribution is 6.03. The van der Waals surface area contributed by atoms with E-state index < -0.39 is 34.0 Å². The van der Waals surface area contributed by atoms with Crippen molar-refractivity contribution in [3.63, 3.8) is 0 Å². The summed E-state index contributed by atoms with van der Waals surface area (Å²) in [5.74, 6) is -2.92. The molecule has 1 saturated carbocycles. The Balaban J connectivity index is 1.92. The SMILES string of the molecule is CC12CCC(C(=O)Nc3ccc(F)c(F)c3)(OC1=O)C2(C)C. The highest BCUT2D eigenvalue weighted by Crippen LogP contribution is 2.65. The van der Waals surface area contributed by atoms with Crippen LogP contribution in [-0.2, 0) is 14.3 Å². The standard InChI is InChI=1S/C16H17F2NO3/c1-14(2)15(3)6-7-16(14,22-13(15)21)12(20)19-9-4-5-10(17)11(18)8-9/h4-5,8H,6-7H2,1-3H3,(H,19,20). The lowest BCUT2D eigenvalue weighted by Crippen LogP contribution is -2.50. The van der Waals surface area contributed by atoms with E-state index in [1.165, 1.54) is 6.07 Å². The van der Waals surface area contributed by atoms with Gasteiger partial charge in [-0.25, -0.2) is 8.78 Å². The number of carbonyl (C=O) groups excluding carboxylic acids is 2. The number of halogens is 2. The molecule has 6 heteroatoms. The van der Waals surface area contributed by atoms with E-state index in [1.807, 2.05) is 13.8 Å². The number of hydrogen-bond acceptors (Lipinski definition) is 3. The maximum atomic E-state index is 13.3. The number of rotatable bonds is 2. The second-order valence-electron chi connectivity index (χ2n) is 6.76. The molecule has 0 spiro atoms. The largest absolute Gasteiger partial charge is 0.448 e. The van der Waals surface area contributed by atoms with E-state index in [0.29, 0.717) is 12.8 Å². The quantitative estimate of drug-likeness (QED) is 0.854. The summed E-state index contributed by atoms with van der Waals surface area (Å²) < 4.78 is 31.6. The normalized spacial score (nSPS) is 32.0. The van der Waals surface area contributed by atoms with E-state index in [-0.39, 0.29) is 11.7 Å². The molecule has 2 fully saturated rings. The molecule has 1 aliphatic heterocycles. The third-order valence-electron chi connectivity index (χ3n) is 5.63. The van der Waals surface area contributed by atoms with E-state index in [1.54, 1.807) is 6.92 Å². The van der Waals surface area contributed by atoms with Crippen LogP contribution in [0, 0.1) is 22.5 Å². The van der Waals surface area contributed by atoms with Crippen LogP contribution in [-0.4, -0.2) is 17.5 Å². The summed E-state index contributed by atoms with van der Waals surface area (Å²) in [6.45, 7) is 5.46. The summed E-state index contributed by atoms with van der Waals surface area (Å²) >= 11 is 0. The Morgan fingerprint density at radius 1 is 1.18 bits per heavy atom. The van der Waals surface area contributed by atoms with Gasteiger partial charge in [-0.15, -0.1) is 0 Å². The lowest BCUT2D eigenvalue weighted by atomic mass is 9.66. The predicted molar refractivity (Wildman–Crippen MR) is 74.9 cm³/mol. The molecule has 2 atom stereocenters. The molecule has 2 bridgehead atoms. The zero-order chi connectivity index (χ0) is 16.3. The molecular weight excluding hydrogens is 292 g/mol. The van der Waals surface area contributed by atoms with E-state index in [0.717, 1.165) is 12.1 Å². The number of nitrogens with one attached hydrogen (secondary N) is 1. The molecule has 1 aromatic carbocycles. The molecule has 4 nitrogen and oxygen atoms in total. The third-order valence-corrected chi connectivity index (χ3v) is 5.63. The molecule has 0 radical (unpaired) electrons. The maximum absolute atomic E-state index is 13.3. The van der Waals surface area contributed by atoms with Crippen LogP contribution in [0.15, 0.2) is 18.2 Å². The first-order valence-electron chi connectivity index (χ1n) is 7.14. The Morgan fingerprint density at radius 2 is 1.86 bits per heavy atom. The molecule has 1 saturated heterocycles. The number of anilines is 1.